The molecule has 0 aliphatic carbocycles. The van der Waals surface area contributed by atoms with Gasteiger partial charge in [0.25, 0.3) is 0 Å². The maximum absolute atomic E-state index is 13.1. The van der Waals surface area contributed by atoms with Crippen LogP contribution >= 0.6 is 0 Å². The molecular weight excluding hydrogens is 224 g/mol. The Bertz CT molecular complexity index is 514. The summed E-state index contributed by atoms with van der Waals surface area (Å²) >= 11 is 0. The molecule has 0 aliphatic rings. The Morgan fingerprint density at radius 3 is 2.59 bits per heavy atom. The van der Waals surface area contributed by atoms with E-state index in [-0.39, 0.29) is 6.42 Å². The zero-order valence-corrected chi connectivity index (χ0v) is 9.37. The number of nitrogen functional groups attached to an aromatic ring is 1. The summed E-state index contributed by atoms with van der Waals surface area (Å²) in [4.78, 5) is 0. The van der Waals surface area contributed by atoms with Gasteiger partial charge in [-0.05, 0) is 18.1 Å². The number of anilines is 1. The molecule has 2 aromatic rings. The summed E-state index contributed by atoms with van der Waals surface area (Å²) < 4.78 is 26.2. The molecule has 0 atom stereocenters. The lowest BCUT2D eigenvalue weighted by molar-refractivity contribution is 0.0227. The minimum Gasteiger partial charge on any atom is -0.384 e. The van der Waals surface area contributed by atoms with Gasteiger partial charge in [-0.25, -0.2) is 8.78 Å². The smallest absolute Gasteiger partial charge is 0.249 e. The Labute approximate surface area is 97.7 Å². The van der Waals surface area contributed by atoms with Crippen LogP contribution in [0.4, 0.5) is 14.6 Å². The zero-order valence-electron chi connectivity index (χ0n) is 9.37. The van der Waals surface area contributed by atoms with E-state index in [4.69, 9.17) is 5.73 Å². The number of halogens is 2. The SMILES string of the molecule is CC(F)(F)Cc1ccccc1-c1cn[nH]c1N. The van der Waals surface area contributed by atoms with Crippen molar-refractivity contribution in [1.82, 2.24) is 10.2 Å². The van der Waals surface area contributed by atoms with Crippen molar-refractivity contribution < 1.29 is 8.78 Å². The number of aromatic amines is 1. The van der Waals surface area contributed by atoms with E-state index in [1.165, 1.54) is 0 Å². The predicted octanol–water partition coefficient (Wildman–Crippen LogP) is 2.86. The predicted molar refractivity (Wildman–Crippen MR) is 62.8 cm³/mol. The maximum Gasteiger partial charge on any atom is 0.249 e. The van der Waals surface area contributed by atoms with Crippen LogP contribution in [0.15, 0.2) is 30.5 Å². The highest BCUT2D eigenvalue weighted by molar-refractivity contribution is 5.75. The van der Waals surface area contributed by atoms with Crippen LogP contribution < -0.4 is 5.73 Å². The Balaban J connectivity index is 2.45. The van der Waals surface area contributed by atoms with Crippen molar-refractivity contribution in [3.8, 4) is 11.1 Å². The van der Waals surface area contributed by atoms with E-state index in [0.717, 1.165) is 6.92 Å². The molecule has 0 unspecified atom stereocenters. The Kier molecular flexibility index (Phi) is 2.83. The second-order valence-electron chi connectivity index (χ2n) is 4.10. The fourth-order valence-electron chi connectivity index (χ4n) is 1.78. The highest BCUT2D eigenvalue weighted by Crippen LogP contribution is 2.30. The molecule has 1 aromatic heterocycles. The summed E-state index contributed by atoms with van der Waals surface area (Å²) in [7, 11) is 0. The molecular formula is C12H13F2N3. The lowest BCUT2D eigenvalue weighted by Crippen LogP contribution is -2.14. The molecule has 0 amide bonds. The first kappa shape index (κ1) is 11.6. The number of alkyl halides is 2. The number of benzene rings is 1. The van der Waals surface area contributed by atoms with Crippen molar-refractivity contribution in [2.45, 2.75) is 19.3 Å². The van der Waals surface area contributed by atoms with E-state index in [0.29, 0.717) is 22.5 Å². The molecule has 0 bridgehead atoms. The number of rotatable bonds is 3. The van der Waals surface area contributed by atoms with E-state index in [9.17, 15) is 8.78 Å². The quantitative estimate of drug-likeness (QED) is 0.862. The fraction of sp³-hybridized carbons (Fsp3) is 0.250. The van der Waals surface area contributed by atoms with Crippen LogP contribution in [0.5, 0.6) is 0 Å². The van der Waals surface area contributed by atoms with Gasteiger partial charge in [0, 0.05) is 12.0 Å². The number of hydrogen-bond donors (Lipinski definition) is 2. The van der Waals surface area contributed by atoms with Gasteiger partial charge in [-0.1, -0.05) is 24.3 Å². The molecule has 3 nitrogen and oxygen atoms in total. The second kappa shape index (κ2) is 4.16. The molecule has 5 heteroatoms. The van der Waals surface area contributed by atoms with E-state index in [1.807, 2.05) is 0 Å². The van der Waals surface area contributed by atoms with Gasteiger partial charge in [0.2, 0.25) is 5.92 Å². The van der Waals surface area contributed by atoms with Gasteiger partial charge in [0.05, 0.1) is 6.20 Å². The van der Waals surface area contributed by atoms with Crippen molar-refractivity contribution in [2.24, 2.45) is 0 Å². The first-order chi connectivity index (χ1) is 7.97. The lowest BCUT2D eigenvalue weighted by atomic mass is 9.97. The fourth-order valence-corrected chi connectivity index (χ4v) is 1.78. The third-order valence-electron chi connectivity index (χ3n) is 2.48. The Hall–Kier alpha value is -1.91. The molecule has 0 saturated carbocycles. The lowest BCUT2D eigenvalue weighted by Gasteiger charge is -2.13. The van der Waals surface area contributed by atoms with Crippen molar-refractivity contribution >= 4 is 5.82 Å². The monoisotopic (exact) mass is 237 g/mol. The highest BCUT2D eigenvalue weighted by Gasteiger charge is 2.23. The summed E-state index contributed by atoms with van der Waals surface area (Å²) in [5, 5.41) is 6.40. The van der Waals surface area contributed by atoms with Crippen LogP contribution in [0.25, 0.3) is 11.1 Å². The third-order valence-corrected chi connectivity index (χ3v) is 2.48. The average molecular weight is 237 g/mol. The van der Waals surface area contributed by atoms with Crippen LogP contribution in [0.3, 0.4) is 0 Å². The van der Waals surface area contributed by atoms with Crippen LogP contribution in [0.1, 0.15) is 12.5 Å². The topological polar surface area (TPSA) is 54.7 Å². The molecule has 0 radical (unpaired) electrons. The highest BCUT2D eigenvalue weighted by atomic mass is 19.3. The first-order valence-electron chi connectivity index (χ1n) is 5.22. The second-order valence-corrected chi connectivity index (χ2v) is 4.10. The summed E-state index contributed by atoms with van der Waals surface area (Å²) in [6.07, 6.45) is 1.23. The van der Waals surface area contributed by atoms with Crippen molar-refractivity contribution in [3.05, 3.63) is 36.0 Å². The number of aromatic nitrogens is 2. The molecule has 90 valence electrons. The molecule has 2 rings (SSSR count). The number of nitrogens with zero attached hydrogens (tertiary/aromatic N) is 1. The van der Waals surface area contributed by atoms with Gasteiger partial charge in [-0.2, -0.15) is 5.10 Å². The van der Waals surface area contributed by atoms with Gasteiger partial charge >= 0.3 is 0 Å². The summed E-state index contributed by atoms with van der Waals surface area (Å²) in [6, 6.07) is 6.97. The Morgan fingerprint density at radius 2 is 2.00 bits per heavy atom. The van der Waals surface area contributed by atoms with Crippen LogP contribution in [-0.2, 0) is 6.42 Å². The van der Waals surface area contributed by atoms with Gasteiger partial charge in [-0.15, -0.1) is 0 Å². The van der Waals surface area contributed by atoms with Crippen molar-refractivity contribution in [2.75, 3.05) is 5.73 Å². The maximum atomic E-state index is 13.1. The van der Waals surface area contributed by atoms with Crippen LogP contribution in [0, 0.1) is 0 Å². The minimum atomic E-state index is -2.74. The van der Waals surface area contributed by atoms with E-state index in [2.05, 4.69) is 10.2 Å². The minimum absolute atomic E-state index is 0.312. The molecule has 1 heterocycles. The molecule has 0 fully saturated rings. The molecule has 17 heavy (non-hydrogen) atoms. The summed E-state index contributed by atoms with van der Waals surface area (Å²) in [5.74, 6) is -2.36. The van der Waals surface area contributed by atoms with E-state index in [1.54, 1.807) is 30.5 Å². The first-order valence-corrected chi connectivity index (χ1v) is 5.22. The molecule has 0 saturated heterocycles. The van der Waals surface area contributed by atoms with Gasteiger partial charge in [0.1, 0.15) is 5.82 Å². The number of hydrogen-bond acceptors (Lipinski definition) is 2. The summed E-state index contributed by atoms with van der Waals surface area (Å²) in [5.41, 5.74) is 7.61. The average Bonchev–Trinajstić information content (AvgIpc) is 2.63. The third kappa shape index (κ3) is 2.61. The number of nitrogens with two attached hydrogens (primary N) is 1. The zero-order chi connectivity index (χ0) is 12.5. The van der Waals surface area contributed by atoms with E-state index < -0.39 is 5.92 Å². The van der Waals surface area contributed by atoms with Crippen LogP contribution in [0.2, 0.25) is 0 Å². The molecule has 0 spiro atoms. The molecule has 1 aromatic carbocycles. The van der Waals surface area contributed by atoms with Crippen molar-refractivity contribution in [1.29, 1.82) is 0 Å². The standard InChI is InChI=1S/C12H13F2N3/c1-12(13,14)6-8-4-2-3-5-9(8)10-7-16-17-11(10)15/h2-5,7H,6H2,1H3,(H3,15,16,17). The normalized spacial score (nSPS) is 11.7. The van der Waals surface area contributed by atoms with Gasteiger partial charge in [-0.3, -0.25) is 5.10 Å². The van der Waals surface area contributed by atoms with Gasteiger partial charge in [0.15, 0.2) is 0 Å². The largest absolute Gasteiger partial charge is 0.384 e. The Morgan fingerprint density at radius 1 is 1.29 bits per heavy atom. The van der Waals surface area contributed by atoms with E-state index >= 15 is 0 Å². The molecule has 3 N–H and O–H groups in total. The molecule has 0 aliphatic heterocycles. The van der Waals surface area contributed by atoms with Gasteiger partial charge < -0.3 is 5.73 Å². The number of nitrogens with one attached hydrogen (secondary N) is 1. The van der Waals surface area contributed by atoms with Crippen LogP contribution in [-0.4, -0.2) is 16.1 Å². The van der Waals surface area contributed by atoms with Crippen molar-refractivity contribution in [3.63, 3.8) is 0 Å². The number of H-pyrrole nitrogens is 1. The summed E-state index contributed by atoms with van der Waals surface area (Å²) in [6.45, 7) is 0.905.